The standard InChI is InChI=1S/C20H21F3N2O2/c1-27-17-11-9-16(10-12-17)24-19(26)25-13-3-2-4-18(25)14-5-7-15(8-6-14)20(21,22)23/h5-12,18H,2-4,13H2,1H3,(H,24,26)/t18-/m0/s1. The van der Waals surface area contributed by atoms with E-state index in [1.807, 2.05) is 0 Å². The van der Waals surface area contributed by atoms with E-state index in [9.17, 15) is 18.0 Å². The van der Waals surface area contributed by atoms with Gasteiger partial charge >= 0.3 is 12.2 Å². The lowest BCUT2D eigenvalue weighted by Crippen LogP contribution is -2.41. The van der Waals surface area contributed by atoms with Crippen LogP contribution in [0.2, 0.25) is 0 Å². The van der Waals surface area contributed by atoms with Gasteiger partial charge in [0, 0.05) is 12.2 Å². The maximum atomic E-state index is 12.8. The van der Waals surface area contributed by atoms with Crippen LogP contribution in [-0.2, 0) is 6.18 Å². The van der Waals surface area contributed by atoms with E-state index >= 15 is 0 Å². The quantitative estimate of drug-likeness (QED) is 0.769. The van der Waals surface area contributed by atoms with E-state index in [1.165, 1.54) is 12.1 Å². The molecule has 0 radical (unpaired) electrons. The third kappa shape index (κ3) is 4.53. The van der Waals surface area contributed by atoms with Gasteiger partial charge in [0.05, 0.1) is 18.7 Å². The number of hydrogen-bond donors (Lipinski definition) is 1. The van der Waals surface area contributed by atoms with Crippen molar-refractivity contribution >= 4 is 11.7 Å². The van der Waals surface area contributed by atoms with Gasteiger partial charge in [0.15, 0.2) is 0 Å². The number of nitrogens with zero attached hydrogens (tertiary/aromatic N) is 1. The highest BCUT2D eigenvalue weighted by Crippen LogP contribution is 2.34. The van der Waals surface area contributed by atoms with Crippen LogP contribution in [0.1, 0.15) is 36.4 Å². The van der Waals surface area contributed by atoms with Crippen LogP contribution in [0.5, 0.6) is 5.75 Å². The molecule has 1 heterocycles. The van der Waals surface area contributed by atoms with Crippen LogP contribution < -0.4 is 10.1 Å². The van der Waals surface area contributed by atoms with E-state index in [2.05, 4.69) is 5.32 Å². The first kappa shape index (κ1) is 19.1. The van der Waals surface area contributed by atoms with Crippen LogP contribution in [-0.4, -0.2) is 24.6 Å². The third-order valence-corrected chi connectivity index (χ3v) is 4.73. The molecule has 2 aromatic rings. The molecule has 1 fully saturated rings. The maximum Gasteiger partial charge on any atom is 0.416 e. The number of rotatable bonds is 3. The second kappa shape index (κ2) is 7.90. The zero-order valence-corrected chi connectivity index (χ0v) is 14.9. The predicted octanol–water partition coefficient (Wildman–Crippen LogP) is 5.47. The van der Waals surface area contributed by atoms with Gasteiger partial charge in [-0.3, -0.25) is 0 Å². The highest BCUT2D eigenvalue weighted by atomic mass is 19.4. The second-order valence-corrected chi connectivity index (χ2v) is 6.48. The number of carbonyl (C=O) groups excluding carboxylic acids is 1. The number of anilines is 1. The van der Waals surface area contributed by atoms with Crippen molar-refractivity contribution < 1.29 is 22.7 Å². The molecule has 2 amide bonds. The number of piperidine rings is 1. The fourth-order valence-corrected chi connectivity index (χ4v) is 3.29. The molecule has 0 aliphatic carbocycles. The highest BCUT2D eigenvalue weighted by Gasteiger charge is 2.32. The molecular formula is C20H21F3N2O2. The second-order valence-electron chi connectivity index (χ2n) is 6.48. The Morgan fingerprint density at radius 3 is 2.33 bits per heavy atom. The number of methoxy groups -OCH3 is 1. The predicted molar refractivity (Wildman–Crippen MR) is 96.8 cm³/mol. The fourth-order valence-electron chi connectivity index (χ4n) is 3.29. The number of nitrogens with one attached hydrogen (secondary N) is 1. The Kier molecular flexibility index (Phi) is 5.58. The Bertz CT molecular complexity index is 773. The highest BCUT2D eigenvalue weighted by molar-refractivity contribution is 5.89. The molecule has 0 unspecified atom stereocenters. The molecule has 27 heavy (non-hydrogen) atoms. The molecule has 2 aromatic carbocycles. The fraction of sp³-hybridized carbons (Fsp3) is 0.350. The number of hydrogen-bond acceptors (Lipinski definition) is 2. The molecule has 1 aliphatic heterocycles. The van der Waals surface area contributed by atoms with E-state index < -0.39 is 11.7 Å². The van der Waals surface area contributed by atoms with Crippen molar-refractivity contribution in [1.82, 2.24) is 4.90 Å². The topological polar surface area (TPSA) is 41.6 Å². The van der Waals surface area contributed by atoms with Crippen molar-refractivity contribution in [2.45, 2.75) is 31.5 Å². The smallest absolute Gasteiger partial charge is 0.416 e. The molecule has 1 aliphatic rings. The number of ether oxygens (including phenoxy) is 1. The van der Waals surface area contributed by atoms with Crippen molar-refractivity contribution in [3.05, 3.63) is 59.7 Å². The number of alkyl halides is 3. The van der Waals surface area contributed by atoms with Crippen LogP contribution in [0.4, 0.5) is 23.7 Å². The average Bonchev–Trinajstić information content (AvgIpc) is 2.68. The molecule has 0 spiro atoms. The van der Waals surface area contributed by atoms with E-state index in [-0.39, 0.29) is 12.1 Å². The van der Waals surface area contributed by atoms with Crippen molar-refractivity contribution in [1.29, 1.82) is 0 Å². The zero-order valence-electron chi connectivity index (χ0n) is 14.9. The molecular weight excluding hydrogens is 357 g/mol. The minimum Gasteiger partial charge on any atom is -0.497 e. The number of likely N-dealkylation sites (tertiary alicyclic amines) is 1. The Balaban J connectivity index is 1.75. The summed E-state index contributed by atoms with van der Waals surface area (Å²) in [6, 6.07) is 11.6. The first-order chi connectivity index (χ1) is 12.9. The number of urea groups is 1. The van der Waals surface area contributed by atoms with Gasteiger partial charge in [0.2, 0.25) is 0 Å². The molecule has 7 heteroatoms. The van der Waals surface area contributed by atoms with Crippen molar-refractivity contribution in [2.24, 2.45) is 0 Å². The average molecular weight is 378 g/mol. The Morgan fingerprint density at radius 1 is 1.07 bits per heavy atom. The largest absolute Gasteiger partial charge is 0.497 e. The summed E-state index contributed by atoms with van der Waals surface area (Å²) in [5, 5.41) is 2.85. The van der Waals surface area contributed by atoms with E-state index in [4.69, 9.17) is 4.74 Å². The summed E-state index contributed by atoms with van der Waals surface area (Å²) in [5.41, 5.74) is 0.668. The van der Waals surface area contributed by atoms with Gasteiger partial charge in [0.1, 0.15) is 5.75 Å². The van der Waals surface area contributed by atoms with Gasteiger partial charge in [-0.05, 0) is 61.2 Å². The van der Waals surface area contributed by atoms with Crippen molar-refractivity contribution in [3.63, 3.8) is 0 Å². The molecule has 0 bridgehead atoms. The molecule has 1 saturated heterocycles. The van der Waals surface area contributed by atoms with Crippen LogP contribution in [0, 0.1) is 0 Å². The summed E-state index contributed by atoms with van der Waals surface area (Å²) < 4.78 is 43.4. The first-order valence-electron chi connectivity index (χ1n) is 8.77. The lowest BCUT2D eigenvalue weighted by molar-refractivity contribution is -0.137. The third-order valence-electron chi connectivity index (χ3n) is 4.73. The molecule has 1 N–H and O–H groups in total. The Labute approximate surface area is 155 Å². The Hall–Kier alpha value is -2.70. The summed E-state index contributed by atoms with van der Waals surface area (Å²) >= 11 is 0. The molecule has 1 atom stereocenters. The van der Waals surface area contributed by atoms with Crippen LogP contribution in [0.25, 0.3) is 0 Å². The summed E-state index contributed by atoms with van der Waals surface area (Å²) in [5.74, 6) is 0.689. The zero-order chi connectivity index (χ0) is 19.4. The van der Waals surface area contributed by atoms with Gasteiger partial charge in [0.25, 0.3) is 0 Å². The number of amides is 2. The van der Waals surface area contributed by atoms with Crippen molar-refractivity contribution in [3.8, 4) is 5.75 Å². The Morgan fingerprint density at radius 2 is 1.74 bits per heavy atom. The number of carbonyl (C=O) groups is 1. The van der Waals surface area contributed by atoms with E-state index in [0.717, 1.165) is 31.4 Å². The van der Waals surface area contributed by atoms with Crippen molar-refractivity contribution in [2.75, 3.05) is 19.0 Å². The SMILES string of the molecule is COc1ccc(NC(=O)N2CCCC[C@H]2c2ccc(C(F)(F)F)cc2)cc1. The van der Waals surface area contributed by atoms with Gasteiger partial charge in [-0.2, -0.15) is 13.2 Å². The van der Waals surface area contributed by atoms with Gasteiger partial charge < -0.3 is 15.0 Å². The minimum atomic E-state index is -4.36. The summed E-state index contributed by atoms with van der Waals surface area (Å²) in [6.45, 7) is 0.563. The lowest BCUT2D eigenvalue weighted by Gasteiger charge is -2.36. The van der Waals surface area contributed by atoms with Crippen LogP contribution in [0.15, 0.2) is 48.5 Å². The first-order valence-corrected chi connectivity index (χ1v) is 8.77. The minimum absolute atomic E-state index is 0.237. The monoisotopic (exact) mass is 378 g/mol. The van der Waals surface area contributed by atoms with E-state index in [1.54, 1.807) is 36.3 Å². The normalized spacial score (nSPS) is 17.5. The summed E-state index contributed by atoms with van der Waals surface area (Å²) in [7, 11) is 1.57. The van der Waals surface area contributed by atoms with E-state index in [0.29, 0.717) is 23.5 Å². The van der Waals surface area contributed by atoms with Gasteiger partial charge in [-0.1, -0.05) is 12.1 Å². The van der Waals surface area contributed by atoms with Gasteiger partial charge in [-0.25, -0.2) is 4.79 Å². The molecule has 3 rings (SSSR count). The lowest BCUT2D eigenvalue weighted by atomic mass is 9.95. The summed E-state index contributed by atoms with van der Waals surface area (Å²) in [4.78, 5) is 14.4. The number of halogens is 3. The number of benzene rings is 2. The maximum absolute atomic E-state index is 12.8. The molecule has 0 saturated carbocycles. The molecule has 0 aromatic heterocycles. The summed E-state index contributed by atoms with van der Waals surface area (Å²) in [6.07, 6.45) is -1.84. The van der Waals surface area contributed by atoms with Crippen LogP contribution in [0.3, 0.4) is 0 Å². The molecule has 144 valence electrons. The van der Waals surface area contributed by atoms with Crippen LogP contribution >= 0.6 is 0 Å². The molecule has 4 nitrogen and oxygen atoms in total. The van der Waals surface area contributed by atoms with Gasteiger partial charge in [-0.15, -0.1) is 0 Å².